The van der Waals surface area contributed by atoms with Crippen molar-refractivity contribution in [3.63, 3.8) is 0 Å². The Labute approximate surface area is 118 Å². The van der Waals surface area contributed by atoms with Crippen LogP contribution >= 0.6 is 0 Å². The van der Waals surface area contributed by atoms with E-state index in [-0.39, 0.29) is 17.7 Å². The lowest BCUT2D eigenvalue weighted by molar-refractivity contribution is -0.117. The maximum Gasteiger partial charge on any atom is 0.273 e. The predicted molar refractivity (Wildman–Crippen MR) is 76.4 cm³/mol. The summed E-state index contributed by atoms with van der Waals surface area (Å²) in [5.41, 5.74) is 0.798. The summed E-state index contributed by atoms with van der Waals surface area (Å²) in [5, 5.41) is 9.87. The molecule has 0 aromatic carbocycles. The zero-order chi connectivity index (χ0) is 14.7. The molecule has 0 spiro atoms. The number of amides is 2. The molecule has 0 unspecified atom stereocenters. The third kappa shape index (κ3) is 3.59. The summed E-state index contributed by atoms with van der Waals surface area (Å²) < 4.78 is 1.66. The molecule has 0 radical (unpaired) electrons. The molecular formula is C14H22N4O2. The molecule has 110 valence electrons. The maximum absolute atomic E-state index is 12.1. The largest absolute Gasteiger partial charge is 0.350 e. The first-order chi connectivity index (χ1) is 9.51. The molecule has 20 heavy (non-hydrogen) atoms. The molecule has 1 aromatic rings. The number of aromatic nitrogens is 2. The van der Waals surface area contributed by atoms with Crippen molar-refractivity contribution in [3.8, 4) is 0 Å². The van der Waals surface area contributed by atoms with Gasteiger partial charge in [0.05, 0.1) is 5.69 Å². The van der Waals surface area contributed by atoms with Crippen LogP contribution in [0.2, 0.25) is 0 Å². The van der Waals surface area contributed by atoms with Gasteiger partial charge in [0.2, 0.25) is 5.91 Å². The number of carbonyl (C=O) groups is 2. The molecular weight excluding hydrogens is 256 g/mol. The minimum atomic E-state index is -0.239. The van der Waals surface area contributed by atoms with Crippen LogP contribution in [0.1, 0.15) is 44.1 Å². The SMILES string of the molecule is CCn1cc(NC(=O)C2CC2)c(C(=O)NCC(C)C)n1. The first kappa shape index (κ1) is 14.6. The number of hydrogen-bond donors (Lipinski definition) is 2. The third-order valence-electron chi connectivity index (χ3n) is 3.18. The number of carbonyl (C=O) groups excluding carboxylic acids is 2. The Morgan fingerprint density at radius 2 is 2.15 bits per heavy atom. The summed E-state index contributed by atoms with van der Waals surface area (Å²) in [6.45, 7) is 7.24. The molecule has 1 aromatic heterocycles. The molecule has 0 aliphatic heterocycles. The Balaban J connectivity index is 2.10. The Bertz CT molecular complexity index is 503. The molecule has 6 nitrogen and oxygen atoms in total. The molecule has 1 aliphatic rings. The van der Waals surface area contributed by atoms with Crippen LogP contribution in [0.25, 0.3) is 0 Å². The third-order valence-corrected chi connectivity index (χ3v) is 3.18. The summed E-state index contributed by atoms with van der Waals surface area (Å²) in [4.78, 5) is 24.0. The van der Waals surface area contributed by atoms with E-state index in [1.165, 1.54) is 0 Å². The molecule has 1 fully saturated rings. The zero-order valence-electron chi connectivity index (χ0n) is 12.3. The molecule has 0 saturated heterocycles. The van der Waals surface area contributed by atoms with Gasteiger partial charge in [-0.1, -0.05) is 13.8 Å². The number of nitrogens with zero attached hydrogens (tertiary/aromatic N) is 2. The predicted octanol–water partition coefficient (Wildman–Crippen LogP) is 1.64. The molecule has 0 atom stereocenters. The van der Waals surface area contributed by atoms with Crippen molar-refractivity contribution in [1.29, 1.82) is 0 Å². The second-order valence-electron chi connectivity index (χ2n) is 5.61. The summed E-state index contributed by atoms with van der Waals surface area (Å²) in [6.07, 6.45) is 3.58. The van der Waals surface area contributed by atoms with Crippen molar-refractivity contribution < 1.29 is 9.59 Å². The Morgan fingerprint density at radius 3 is 2.70 bits per heavy atom. The van der Waals surface area contributed by atoms with Crippen LogP contribution in [0.4, 0.5) is 5.69 Å². The van der Waals surface area contributed by atoms with Gasteiger partial charge in [-0.05, 0) is 25.7 Å². The van der Waals surface area contributed by atoms with E-state index in [0.29, 0.717) is 30.4 Å². The molecule has 1 heterocycles. The highest BCUT2D eigenvalue weighted by Gasteiger charge is 2.31. The first-order valence-electron chi connectivity index (χ1n) is 7.17. The number of rotatable bonds is 6. The average Bonchev–Trinajstić information content (AvgIpc) is 3.18. The van der Waals surface area contributed by atoms with Crippen molar-refractivity contribution in [1.82, 2.24) is 15.1 Å². The second kappa shape index (κ2) is 6.07. The van der Waals surface area contributed by atoms with Crippen molar-refractivity contribution in [2.75, 3.05) is 11.9 Å². The molecule has 2 rings (SSSR count). The monoisotopic (exact) mass is 278 g/mol. The van der Waals surface area contributed by atoms with Crippen molar-refractivity contribution >= 4 is 17.5 Å². The lowest BCUT2D eigenvalue weighted by Gasteiger charge is -2.07. The number of anilines is 1. The van der Waals surface area contributed by atoms with Crippen LogP contribution in [-0.2, 0) is 11.3 Å². The van der Waals surface area contributed by atoms with Gasteiger partial charge in [-0.2, -0.15) is 5.10 Å². The lowest BCUT2D eigenvalue weighted by Crippen LogP contribution is -2.29. The Kier molecular flexibility index (Phi) is 4.42. The normalized spacial score (nSPS) is 14.4. The van der Waals surface area contributed by atoms with Gasteiger partial charge in [-0.15, -0.1) is 0 Å². The molecule has 1 saturated carbocycles. The van der Waals surface area contributed by atoms with E-state index in [1.54, 1.807) is 10.9 Å². The van der Waals surface area contributed by atoms with Gasteiger partial charge >= 0.3 is 0 Å². The minimum Gasteiger partial charge on any atom is -0.350 e. The van der Waals surface area contributed by atoms with E-state index in [2.05, 4.69) is 15.7 Å². The van der Waals surface area contributed by atoms with Crippen molar-refractivity contribution in [3.05, 3.63) is 11.9 Å². The van der Waals surface area contributed by atoms with Crippen LogP contribution in [0.5, 0.6) is 0 Å². The van der Waals surface area contributed by atoms with Gasteiger partial charge in [-0.25, -0.2) is 0 Å². The van der Waals surface area contributed by atoms with E-state index < -0.39 is 0 Å². The van der Waals surface area contributed by atoms with Crippen LogP contribution in [-0.4, -0.2) is 28.1 Å². The Hall–Kier alpha value is -1.85. The van der Waals surface area contributed by atoms with Gasteiger partial charge < -0.3 is 10.6 Å². The van der Waals surface area contributed by atoms with Gasteiger partial charge in [0.25, 0.3) is 5.91 Å². The van der Waals surface area contributed by atoms with Crippen molar-refractivity contribution in [2.24, 2.45) is 11.8 Å². The van der Waals surface area contributed by atoms with Crippen LogP contribution in [0.15, 0.2) is 6.20 Å². The highest BCUT2D eigenvalue weighted by atomic mass is 16.2. The highest BCUT2D eigenvalue weighted by Crippen LogP contribution is 2.30. The molecule has 0 bridgehead atoms. The second-order valence-corrected chi connectivity index (χ2v) is 5.61. The molecule has 2 amide bonds. The standard InChI is InChI=1S/C14H22N4O2/c1-4-18-8-11(16-13(19)10-5-6-10)12(17-18)14(20)15-7-9(2)3/h8-10H,4-7H2,1-3H3,(H,15,20)(H,16,19). The van der Waals surface area contributed by atoms with Gasteiger partial charge in [0, 0.05) is 25.2 Å². The van der Waals surface area contributed by atoms with Crippen LogP contribution in [0.3, 0.4) is 0 Å². The summed E-state index contributed by atoms with van der Waals surface area (Å²) in [6, 6.07) is 0. The van der Waals surface area contributed by atoms with E-state index in [4.69, 9.17) is 0 Å². The van der Waals surface area contributed by atoms with E-state index >= 15 is 0 Å². The number of aryl methyl sites for hydroxylation is 1. The first-order valence-corrected chi connectivity index (χ1v) is 7.17. The van der Waals surface area contributed by atoms with E-state index in [0.717, 1.165) is 12.8 Å². The average molecular weight is 278 g/mol. The lowest BCUT2D eigenvalue weighted by atomic mass is 10.2. The van der Waals surface area contributed by atoms with Gasteiger partial charge in [0.1, 0.15) is 0 Å². The number of hydrogen-bond acceptors (Lipinski definition) is 3. The summed E-state index contributed by atoms with van der Waals surface area (Å²) in [7, 11) is 0. The molecule has 6 heteroatoms. The summed E-state index contributed by atoms with van der Waals surface area (Å²) in [5.74, 6) is 0.221. The molecule has 1 aliphatic carbocycles. The fourth-order valence-electron chi connectivity index (χ4n) is 1.80. The fourth-order valence-corrected chi connectivity index (χ4v) is 1.80. The summed E-state index contributed by atoms with van der Waals surface area (Å²) >= 11 is 0. The highest BCUT2D eigenvalue weighted by molar-refractivity contribution is 6.03. The topological polar surface area (TPSA) is 76.0 Å². The van der Waals surface area contributed by atoms with Crippen LogP contribution in [0, 0.1) is 11.8 Å². The minimum absolute atomic E-state index is 0.0152. The fraction of sp³-hybridized carbons (Fsp3) is 0.643. The maximum atomic E-state index is 12.1. The number of nitrogens with one attached hydrogen (secondary N) is 2. The molecule has 2 N–H and O–H groups in total. The van der Waals surface area contributed by atoms with Gasteiger partial charge in [-0.3, -0.25) is 14.3 Å². The van der Waals surface area contributed by atoms with Gasteiger partial charge in [0.15, 0.2) is 5.69 Å². The van der Waals surface area contributed by atoms with E-state index in [1.807, 2.05) is 20.8 Å². The van der Waals surface area contributed by atoms with Crippen LogP contribution < -0.4 is 10.6 Å². The Morgan fingerprint density at radius 1 is 1.45 bits per heavy atom. The smallest absolute Gasteiger partial charge is 0.273 e. The van der Waals surface area contributed by atoms with E-state index in [9.17, 15) is 9.59 Å². The van der Waals surface area contributed by atoms with Crippen molar-refractivity contribution in [2.45, 2.75) is 40.2 Å². The quantitative estimate of drug-likeness (QED) is 0.830. The zero-order valence-corrected chi connectivity index (χ0v) is 12.3.